The number of thioether (sulfide) groups is 2. The second-order valence-electron chi connectivity index (χ2n) is 4.39. The number of nitrogens with one attached hydrogen (secondary N) is 1. The smallest absolute Gasteiger partial charge is 0.237 e. The molecule has 2 atom stereocenters. The number of hydrogen-bond donors (Lipinski definition) is 2. The van der Waals surface area contributed by atoms with Gasteiger partial charge < -0.3 is 11.1 Å². The van der Waals surface area contributed by atoms with Crippen LogP contribution in [0.15, 0.2) is 29.2 Å². The summed E-state index contributed by atoms with van der Waals surface area (Å²) in [6.07, 6.45) is 4.77. The molecule has 3 nitrogen and oxygen atoms in total. The average Bonchev–Trinajstić information content (AvgIpc) is 2.44. The molecule has 0 aromatic heterocycles. The van der Waals surface area contributed by atoms with Crippen LogP contribution in [0.1, 0.15) is 24.9 Å². The first-order valence-electron chi connectivity index (χ1n) is 6.27. The first-order chi connectivity index (χ1) is 9.08. The molecular formula is C14H22N2OS2. The van der Waals surface area contributed by atoms with E-state index in [1.807, 2.05) is 31.6 Å². The van der Waals surface area contributed by atoms with Crippen LogP contribution in [0.5, 0.6) is 0 Å². The van der Waals surface area contributed by atoms with Crippen LogP contribution >= 0.6 is 23.5 Å². The number of hydrogen-bond acceptors (Lipinski definition) is 4. The normalized spacial score (nSPS) is 13.9. The van der Waals surface area contributed by atoms with Gasteiger partial charge in [0.25, 0.3) is 0 Å². The molecule has 0 spiro atoms. The summed E-state index contributed by atoms with van der Waals surface area (Å²) in [5.74, 6) is 0.835. The van der Waals surface area contributed by atoms with Crippen LogP contribution in [0.25, 0.3) is 0 Å². The van der Waals surface area contributed by atoms with Crippen LogP contribution in [0.2, 0.25) is 0 Å². The van der Waals surface area contributed by atoms with E-state index in [1.54, 1.807) is 23.5 Å². The molecule has 0 saturated carbocycles. The first-order valence-corrected chi connectivity index (χ1v) is 8.89. The number of rotatable bonds is 7. The predicted molar refractivity (Wildman–Crippen MR) is 85.8 cm³/mol. The van der Waals surface area contributed by atoms with Gasteiger partial charge in [0, 0.05) is 4.90 Å². The Balaban J connectivity index is 2.53. The van der Waals surface area contributed by atoms with Gasteiger partial charge in [-0.05, 0) is 49.3 Å². The van der Waals surface area contributed by atoms with Crippen molar-refractivity contribution in [1.29, 1.82) is 0 Å². The van der Waals surface area contributed by atoms with E-state index < -0.39 is 6.04 Å². The second kappa shape index (κ2) is 8.51. The Bertz CT molecular complexity index is 395. The third-order valence-corrected chi connectivity index (χ3v) is 4.33. The molecule has 19 heavy (non-hydrogen) atoms. The molecule has 0 fully saturated rings. The van der Waals surface area contributed by atoms with Crippen LogP contribution in [-0.2, 0) is 4.79 Å². The minimum absolute atomic E-state index is 0.0104. The Labute approximate surface area is 124 Å². The lowest BCUT2D eigenvalue weighted by molar-refractivity contribution is -0.123. The van der Waals surface area contributed by atoms with Crippen molar-refractivity contribution in [3.05, 3.63) is 29.8 Å². The summed E-state index contributed by atoms with van der Waals surface area (Å²) >= 11 is 3.41. The van der Waals surface area contributed by atoms with Crippen molar-refractivity contribution in [2.75, 3.05) is 18.3 Å². The number of carbonyl (C=O) groups is 1. The summed E-state index contributed by atoms with van der Waals surface area (Å²) in [6, 6.07) is 7.80. The molecule has 0 aliphatic carbocycles. The molecule has 1 aromatic carbocycles. The van der Waals surface area contributed by atoms with E-state index in [2.05, 4.69) is 17.4 Å². The summed E-state index contributed by atoms with van der Waals surface area (Å²) in [4.78, 5) is 13.1. The predicted octanol–water partition coefficient (Wildman–Crippen LogP) is 2.67. The lowest BCUT2D eigenvalue weighted by atomic mass is 10.1. The van der Waals surface area contributed by atoms with Gasteiger partial charge in [0.05, 0.1) is 12.1 Å². The van der Waals surface area contributed by atoms with Gasteiger partial charge in [-0.25, -0.2) is 0 Å². The third kappa shape index (κ3) is 5.47. The van der Waals surface area contributed by atoms with Crippen LogP contribution in [-0.4, -0.2) is 30.2 Å². The molecule has 1 unspecified atom stereocenters. The third-order valence-electron chi connectivity index (χ3n) is 2.94. The summed E-state index contributed by atoms with van der Waals surface area (Å²) in [5, 5.41) is 2.96. The zero-order chi connectivity index (χ0) is 14.3. The maximum atomic E-state index is 11.9. The summed E-state index contributed by atoms with van der Waals surface area (Å²) in [7, 11) is 0. The maximum absolute atomic E-state index is 11.9. The Morgan fingerprint density at radius 1 is 1.32 bits per heavy atom. The number of amides is 1. The van der Waals surface area contributed by atoms with Crippen LogP contribution in [0, 0.1) is 0 Å². The number of nitrogens with two attached hydrogens (primary N) is 1. The topological polar surface area (TPSA) is 55.1 Å². The van der Waals surface area contributed by atoms with E-state index in [0.29, 0.717) is 6.42 Å². The highest BCUT2D eigenvalue weighted by molar-refractivity contribution is 7.98. The Hall–Kier alpha value is -0.650. The molecule has 0 heterocycles. The molecule has 1 rings (SSSR count). The van der Waals surface area contributed by atoms with E-state index >= 15 is 0 Å². The van der Waals surface area contributed by atoms with E-state index in [0.717, 1.165) is 11.3 Å². The summed E-state index contributed by atoms with van der Waals surface area (Å²) in [5.41, 5.74) is 6.95. The minimum Gasteiger partial charge on any atom is -0.348 e. The first kappa shape index (κ1) is 16.4. The Morgan fingerprint density at radius 2 is 1.95 bits per heavy atom. The monoisotopic (exact) mass is 298 g/mol. The van der Waals surface area contributed by atoms with Crippen molar-refractivity contribution < 1.29 is 4.79 Å². The molecule has 0 aliphatic heterocycles. The van der Waals surface area contributed by atoms with Gasteiger partial charge in [-0.2, -0.15) is 11.8 Å². The number of carbonyl (C=O) groups excluding carboxylic acids is 1. The molecule has 5 heteroatoms. The molecule has 106 valence electrons. The van der Waals surface area contributed by atoms with Gasteiger partial charge in [0.2, 0.25) is 5.91 Å². The fourth-order valence-electron chi connectivity index (χ4n) is 1.67. The van der Waals surface area contributed by atoms with E-state index in [4.69, 9.17) is 5.73 Å². The molecule has 0 radical (unpaired) electrons. The minimum atomic E-state index is -0.416. The second-order valence-corrected chi connectivity index (χ2v) is 6.26. The lowest BCUT2D eigenvalue weighted by Gasteiger charge is -2.18. The quantitative estimate of drug-likeness (QED) is 0.760. The van der Waals surface area contributed by atoms with Crippen LogP contribution < -0.4 is 11.1 Å². The van der Waals surface area contributed by atoms with Crippen molar-refractivity contribution in [2.45, 2.75) is 30.3 Å². The highest BCUT2D eigenvalue weighted by Crippen LogP contribution is 2.18. The van der Waals surface area contributed by atoms with Gasteiger partial charge in [0.1, 0.15) is 0 Å². The average molecular weight is 298 g/mol. The summed E-state index contributed by atoms with van der Waals surface area (Å²) in [6.45, 7) is 1.98. The molecule has 0 aliphatic rings. The van der Waals surface area contributed by atoms with E-state index in [9.17, 15) is 4.79 Å². The maximum Gasteiger partial charge on any atom is 0.237 e. The molecule has 1 amide bonds. The molecule has 1 aromatic rings. The van der Waals surface area contributed by atoms with Crippen molar-refractivity contribution in [3.8, 4) is 0 Å². The molecule has 0 saturated heterocycles. The summed E-state index contributed by atoms with van der Waals surface area (Å²) < 4.78 is 0. The van der Waals surface area contributed by atoms with Gasteiger partial charge >= 0.3 is 0 Å². The Kier molecular flexibility index (Phi) is 7.34. The van der Waals surface area contributed by atoms with Gasteiger partial charge in [-0.1, -0.05) is 12.1 Å². The fourth-order valence-corrected chi connectivity index (χ4v) is 2.57. The van der Waals surface area contributed by atoms with E-state index in [1.165, 1.54) is 4.90 Å². The van der Waals surface area contributed by atoms with Gasteiger partial charge in [0.15, 0.2) is 0 Å². The molecule has 0 bridgehead atoms. The zero-order valence-electron chi connectivity index (χ0n) is 11.7. The fraction of sp³-hybridized carbons (Fsp3) is 0.500. The standard InChI is InChI=1S/C14H22N2OS2/c1-10(11-4-6-12(19-3)7-5-11)16-14(17)13(15)8-9-18-2/h4-7,10,13H,8-9,15H2,1-3H3,(H,16,17)/t10?,13-/m0/s1. The van der Waals surface area contributed by atoms with Gasteiger partial charge in [-0.15, -0.1) is 11.8 Å². The molecule has 3 N–H and O–H groups in total. The lowest BCUT2D eigenvalue weighted by Crippen LogP contribution is -2.41. The number of benzene rings is 1. The largest absolute Gasteiger partial charge is 0.348 e. The highest BCUT2D eigenvalue weighted by atomic mass is 32.2. The zero-order valence-corrected chi connectivity index (χ0v) is 13.3. The van der Waals surface area contributed by atoms with Gasteiger partial charge in [-0.3, -0.25) is 4.79 Å². The van der Waals surface area contributed by atoms with Crippen molar-refractivity contribution >= 4 is 29.4 Å². The van der Waals surface area contributed by atoms with E-state index in [-0.39, 0.29) is 11.9 Å². The SMILES string of the molecule is CSCC[C@H](N)C(=O)NC(C)c1ccc(SC)cc1. The van der Waals surface area contributed by atoms with Crippen molar-refractivity contribution in [2.24, 2.45) is 5.73 Å². The molecular weight excluding hydrogens is 276 g/mol. The van der Waals surface area contributed by atoms with Crippen LogP contribution in [0.3, 0.4) is 0 Å². The van der Waals surface area contributed by atoms with Crippen molar-refractivity contribution in [3.63, 3.8) is 0 Å². The van der Waals surface area contributed by atoms with Crippen molar-refractivity contribution in [1.82, 2.24) is 5.32 Å². The van der Waals surface area contributed by atoms with Crippen LogP contribution in [0.4, 0.5) is 0 Å². The highest BCUT2D eigenvalue weighted by Gasteiger charge is 2.16. The Morgan fingerprint density at radius 3 is 2.47 bits per heavy atom.